The van der Waals surface area contributed by atoms with Crippen molar-refractivity contribution in [1.82, 2.24) is 4.90 Å². The molecule has 1 aromatic carbocycles. The van der Waals surface area contributed by atoms with Crippen LogP contribution in [0.1, 0.15) is 124 Å². The van der Waals surface area contributed by atoms with Crippen LogP contribution in [0, 0.1) is 0 Å². The van der Waals surface area contributed by atoms with Gasteiger partial charge in [0.25, 0.3) is 11.8 Å². The molecule has 5 heteroatoms. The lowest BCUT2D eigenvalue weighted by atomic mass is 10.0. The molecule has 0 bridgehead atoms. The summed E-state index contributed by atoms with van der Waals surface area (Å²) in [4.78, 5) is 36.9. The van der Waals surface area contributed by atoms with Gasteiger partial charge in [0, 0.05) is 12.5 Å². The van der Waals surface area contributed by atoms with E-state index in [0.717, 1.165) is 51.4 Å². The number of rotatable bonds is 18. The van der Waals surface area contributed by atoms with Crippen LogP contribution in [0.3, 0.4) is 0 Å². The standard InChI is InChI=1S/C28H41NO4/c1-23(29-27(32)24-20-17-18-21-25(24)28(29)33)19-15-13-11-9-7-5-3-2-4-6-8-10-12-14-16-22-26(30)31/h2,4,17-18,20-21,23H,3,5-16,19,22H2,1H3,(H,30,31)/b4-2-. The maximum atomic E-state index is 12.5. The topological polar surface area (TPSA) is 74.7 Å². The summed E-state index contributed by atoms with van der Waals surface area (Å²) in [6.45, 7) is 1.98. The Morgan fingerprint density at radius 3 is 1.76 bits per heavy atom. The molecule has 0 saturated carbocycles. The lowest BCUT2D eigenvalue weighted by Crippen LogP contribution is -2.37. The van der Waals surface area contributed by atoms with Crippen LogP contribution in [-0.2, 0) is 4.79 Å². The molecule has 1 aliphatic rings. The molecule has 1 heterocycles. The maximum absolute atomic E-state index is 12.5. The van der Waals surface area contributed by atoms with E-state index in [1.165, 1.54) is 43.4 Å². The molecule has 0 aliphatic carbocycles. The molecule has 1 aliphatic heterocycles. The second kappa shape index (κ2) is 15.4. The van der Waals surface area contributed by atoms with E-state index < -0.39 is 5.97 Å². The largest absolute Gasteiger partial charge is 0.481 e. The van der Waals surface area contributed by atoms with E-state index in [9.17, 15) is 14.4 Å². The van der Waals surface area contributed by atoms with Crippen molar-refractivity contribution in [1.29, 1.82) is 0 Å². The molecular formula is C28H41NO4. The molecule has 0 spiro atoms. The third kappa shape index (κ3) is 9.53. The number of fused-ring (bicyclic) bond motifs is 1. The number of nitrogens with zero attached hydrogens (tertiary/aromatic N) is 1. The normalized spacial score (nSPS) is 14.3. The maximum Gasteiger partial charge on any atom is 0.303 e. The van der Waals surface area contributed by atoms with E-state index in [0.29, 0.717) is 17.5 Å². The van der Waals surface area contributed by atoms with Gasteiger partial charge in [-0.15, -0.1) is 0 Å². The smallest absolute Gasteiger partial charge is 0.303 e. The first-order valence-corrected chi connectivity index (χ1v) is 12.9. The molecule has 33 heavy (non-hydrogen) atoms. The fourth-order valence-electron chi connectivity index (χ4n) is 4.45. The van der Waals surface area contributed by atoms with Gasteiger partial charge in [0.15, 0.2) is 0 Å². The van der Waals surface area contributed by atoms with Crippen LogP contribution in [0.5, 0.6) is 0 Å². The van der Waals surface area contributed by atoms with Gasteiger partial charge >= 0.3 is 5.97 Å². The Kier molecular flexibility index (Phi) is 12.5. The number of imide groups is 1. The van der Waals surface area contributed by atoms with Crippen molar-refractivity contribution < 1.29 is 19.5 Å². The first kappa shape index (κ1) is 26.8. The molecule has 1 atom stereocenters. The monoisotopic (exact) mass is 455 g/mol. The van der Waals surface area contributed by atoms with Crippen molar-refractivity contribution in [2.24, 2.45) is 0 Å². The number of unbranched alkanes of at least 4 members (excludes halogenated alkanes) is 11. The van der Waals surface area contributed by atoms with E-state index in [-0.39, 0.29) is 17.9 Å². The number of benzene rings is 1. The number of carboxylic acids is 1. The SMILES string of the molecule is CC(CCCCCCCC/C=C\CCCCCCCC(=O)O)N1C(=O)c2ccccc2C1=O. The molecular weight excluding hydrogens is 414 g/mol. The molecule has 2 rings (SSSR count). The van der Waals surface area contributed by atoms with Gasteiger partial charge < -0.3 is 5.11 Å². The Morgan fingerprint density at radius 1 is 0.788 bits per heavy atom. The third-order valence-electron chi connectivity index (χ3n) is 6.44. The summed E-state index contributed by atoms with van der Waals surface area (Å²) in [5.41, 5.74) is 1.08. The van der Waals surface area contributed by atoms with E-state index in [4.69, 9.17) is 5.11 Å². The number of carbonyl (C=O) groups is 3. The highest BCUT2D eigenvalue weighted by atomic mass is 16.4. The number of aliphatic carboxylic acids is 1. The van der Waals surface area contributed by atoms with Crippen molar-refractivity contribution in [3.05, 3.63) is 47.5 Å². The van der Waals surface area contributed by atoms with E-state index in [1.54, 1.807) is 12.1 Å². The number of carbonyl (C=O) groups excluding carboxylic acids is 2. The average Bonchev–Trinajstić information content (AvgIpc) is 3.06. The zero-order valence-electron chi connectivity index (χ0n) is 20.3. The Balaban J connectivity index is 1.41. The van der Waals surface area contributed by atoms with Gasteiger partial charge in [-0.3, -0.25) is 19.3 Å². The highest BCUT2D eigenvalue weighted by Crippen LogP contribution is 2.26. The molecule has 1 unspecified atom stereocenters. The van der Waals surface area contributed by atoms with Crippen LogP contribution in [0.4, 0.5) is 0 Å². The van der Waals surface area contributed by atoms with Gasteiger partial charge in [-0.1, -0.05) is 75.7 Å². The second-order valence-electron chi connectivity index (χ2n) is 9.25. The minimum atomic E-state index is -0.688. The predicted molar refractivity (Wildman–Crippen MR) is 132 cm³/mol. The van der Waals surface area contributed by atoms with Crippen molar-refractivity contribution in [2.75, 3.05) is 0 Å². The highest BCUT2D eigenvalue weighted by Gasteiger charge is 2.37. The Morgan fingerprint density at radius 2 is 1.24 bits per heavy atom. The van der Waals surface area contributed by atoms with Crippen LogP contribution in [0.2, 0.25) is 0 Å². The molecule has 5 nitrogen and oxygen atoms in total. The Labute approximate surface area is 199 Å². The van der Waals surface area contributed by atoms with E-state index in [1.807, 2.05) is 19.1 Å². The van der Waals surface area contributed by atoms with Crippen molar-refractivity contribution in [3.63, 3.8) is 0 Å². The van der Waals surface area contributed by atoms with Crippen LogP contribution >= 0.6 is 0 Å². The van der Waals surface area contributed by atoms with Crippen LogP contribution in [0.15, 0.2) is 36.4 Å². The Bertz CT molecular complexity index is 751. The average molecular weight is 456 g/mol. The predicted octanol–water partition coefficient (Wildman–Crippen LogP) is 7.16. The summed E-state index contributed by atoms with van der Waals surface area (Å²) >= 11 is 0. The van der Waals surface area contributed by atoms with Gasteiger partial charge in [0.05, 0.1) is 11.1 Å². The summed E-state index contributed by atoms with van der Waals surface area (Å²) < 4.78 is 0. The number of hydrogen-bond acceptors (Lipinski definition) is 3. The number of amides is 2. The summed E-state index contributed by atoms with van der Waals surface area (Å²) in [7, 11) is 0. The summed E-state index contributed by atoms with van der Waals surface area (Å²) in [6, 6.07) is 7.05. The van der Waals surface area contributed by atoms with Gasteiger partial charge in [-0.05, 0) is 57.6 Å². The lowest BCUT2D eigenvalue weighted by molar-refractivity contribution is -0.137. The van der Waals surface area contributed by atoms with Crippen molar-refractivity contribution >= 4 is 17.8 Å². The van der Waals surface area contributed by atoms with Crippen molar-refractivity contribution in [2.45, 2.75) is 109 Å². The zero-order valence-corrected chi connectivity index (χ0v) is 20.3. The van der Waals surface area contributed by atoms with E-state index in [2.05, 4.69) is 12.2 Å². The van der Waals surface area contributed by atoms with Gasteiger partial charge in [0.2, 0.25) is 0 Å². The third-order valence-corrected chi connectivity index (χ3v) is 6.44. The summed E-state index contributed by atoms with van der Waals surface area (Å²) in [5.74, 6) is -0.981. The lowest BCUT2D eigenvalue weighted by Gasteiger charge is -2.22. The van der Waals surface area contributed by atoms with Crippen LogP contribution in [0.25, 0.3) is 0 Å². The minimum absolute atomic E-state index is 0.0488. The molecule has 2 amide bonds. The summed E-state index contributed by atoms with van der Waals surface area (Å²) in [6.07, 6.45) is 20.5. The summed E-state index contributed by atoms with van der Waals surface area (Å²) in [5, 5.41) is 8.60. The van der Waals surface area contributed by atoms with Gasteiger partial charge in [-0.2, -0.15) is 0 Å². The second-order valence-corrected chi connectivity index (χ2v) is 9.25. The number of carboxylic acid groups (broad SMARTS) is 1. The van der Waals surface area contributed by atoms with Gasteiger partial charge in [-0.25, -0.2) is 0 Å². The molecule has 0 fully saturated rings. The Hall–Kier alpha value is -2.43. The molecule has 0 radical (unpaired) electrons. The number of allylic oxidation sites excluding steroid dienone is 2. The fourth-order valence-corrected chi connectivity index (χ4v) is 4.45. The molecule has 1 aromatic rings. The van der Waals surface area contributed by atoms with Crippen LogP contribution in [-0.4, -0.2) is 33.8 Å². The molecule has 182 valence electrons. The highest BCUT2D eigenvalue weighted by molar-refractivity contribution is 6.21. The molecule has 0 saturated heterocycles. The first-order valence-electron chi connectivity index (χ1n) is 12.9. The quantitative estimate of drug-likeness (QED) is 0.145. The van der Waals surface area contributed by atoms with Gasteiger partial charge in [0.1, 0.15) is 0 Å². The molecule has 1 N–H and O–H groups in total. The van der Waals surface area contributed by atoms with Crippen molar-refractivity contribution in [3.8, 4) is 0 Å². The zero-order chi connectivity index (χ0) is 23.9. The number of hydrogen-bond donors (Lipinski definition) is 1. The molecule has 0 aromatic heterocycles. The minimum Gasteiger partial charge on any atom is -0.481 e. The fraction of sp³-hybridized carbons (Fsp3) is 0.607. The van der Waals surface area contributed by atoms with E-state index >= 15 is 0 Å². The first-order chi connectivity index (χ1) is 16.0. The van der Waals surface area contributed by atoms with Crippen LogP contribution < -0.4 is 0 Å².